The Morgan fingerprint density at radius 1 is 1.29 bits per heavy atom. The fourth-order valence-electron chi connectivity index (χ4n) is 4.64. The number of aliphatic imine (C=N–C) groups is 1. The van der Waals surface area contributed by atoms with Crippen LogP contribution >= 0.6 is 0 Å². The van der Waals surface area contributed by atoms with Crippen LogP contribution in [-0.4, -0.2) is 61.4 Å². The fourth-order valence-corrected chi connectivity index (χ4v) is 4.64. The van der Waals surface area contributed by atoms with Crippen LogP contribution < -0.4 is 15.4 Å². The molecule has 2 unspecified atom stereocenters. The number of guanidine groups is 1. The van der Waals surface area contributed by atoms with Crippen LogP contribution in [0.25, 0.3) is 0 Å². The second-order valence-corrected chi connectivity index (χ2v) is 9.27. The first kappa shape index (κ1) is 23.8. The number of hydrogen-bond donors (Lipinski definition) is 3. The molecule has 6 nitrogen and oxygen atoms in total. The minimum Gasteiger partial charge on any atom is -0.494 e. The SMILES string of the molecule is CCNC(=NCC1(C)CCCCC1O)NC1CCN(Cc2ccc(OC)c(F)c2)CC1. The summed E-state index contributed by atoms with van der Waals surface area (Å²) < 4.78 is 19.0. The Hall–Kier alpha value is -1.86. The minimum absolute atomic E-state index is 0.127. The largest absolute Gasteiger partial charge is 0.494 e. The maximum absolute atomic E-state index is 14.0. The molecule has 1 aliphatic heterocycles. The number of nitrogens with one attached hydrogen (secondary N) is 2. The predicted molar refractivity (Wildman–Crippen MR) is 123 cm³/mol. The molecule has 174 valence electrons. The molecule has 3 rings (SSSR count). The van der Waals surface area contributed by atoms with Gasteiger partial charge in [-0.25, -0.2) is 4.39 Å². The summed E-state index contributed by atoms with van der Waals surface area (Å²) in [6.45, 7) is 8.36. The summed E-state index contributed by atoms with van der Waals surface area (Å²) in [6, 6.07) is 5.56. The molecular formula is C24H39FN4O2. The molecule has 2 aliphatic rings. The predicted octanol–water partition coefficient (Wildman–Crippen LogP) is 3.30. The summed E-state index contributed by atoms with van der Waals surface area (Å²) in [5.41, 5.74) is 0.844. The van der Waals surface area contributed by atoms with Gasteiger partial charge in [0.15, 0.2) is 17.5 Å². The molecule has 31 heavy (non-hydrogen) atoms. The van der Waals surface area contributed by atoms with E-state index in [1.54, 1.807) is 12.1 Å². The quantitative estimate of drug-likeness (QED) is 0.454. The van der Waals surface area contributed by atoms with Gasteiger partial charge in [0.1, 0.15) is 0 Å². The van der Waals surface area contributed by atoms with Crippen molar-refractivity contribution in [3.63, 3.8) is 0 Å². The highest BCUT2D eigenvalue weighted by atomic mass is 19.1. The number of rotatable bonds is 7. The van der Waals surface area contributed by atoms with Crippen molar-refractivity contribution < 1.29 is 14.2 Å². The van der Waals surface area contributed by atoms with Gasteiger partial charge in [-0.05, 0) is 50.3 Å². The molecule has 1 aromatic carbocycles. The summed E-state index contributed by atoms with van der Waals surface area (Å²) in [5, 5.41) is 17.4. The third kappa shape index (κ3) is 6.56. The molecule has 7 heteroatoms. The highest BCUT2D eigenvalue weighted by Gasteiger charge is 2.35. The standard InChI is InChI=1S/C24H39FN4O2/c1-4-26-23(27-17-24(2)12-6-5-7-22(24)30)28-19-10-13-29(14-11-19)16-18-8-9-21(31-3)20(25)15-18/h8-9,15,19,22,30H,4-7,10-14,16-17H2,1-3H3,(H2,26,27,28). The van der Waals surface area contributed by atoms with Crippen LogP contribution in [0.15, 0.2) is 23.2 Å². The summed E-state index contributed by atoms with van der Waals surface area (Å²) in [7, 11) is 1.48. The average molecular weight is 435 g/mol. The van der Waals surface area contributed by atoms with E-state index in [2.05, 4.69) is 29.4 Å². The van der Waals surface area contributed by atoms with E-state index in [9.17, 15) is 9.50 Å². The highest BCUT2D eigenvalue weighted by molar-refractivity contribution is 5.80. The van der Waals surface area contributed by atoms with Gasteiger partial charge < -0.3 is 20.5 Å². The van der Waals surface area contributed by atoms with Crippen LogP contribution in [0.3, 0.4) is 0 Å². The molecule has 2 fully saturated rings. The van der Waals surface area contributed by atoms with E-state index in [0.29, 0.717) is 12.6 Å². The lowest BCUT2D eigenvalue weighted by Crippen LogP contribution is -2.49. The molecule has 0 aromatic heterocycles. The number of methoxy groups -OCH3 is 1. The van der Waals surface area contributed by atoms with Gasteiger partial charge in [0.2, 0.25) is 0 Å². The molecule has 0 bridgehead atoms. The van der Waals surface area contributed by atoms with Crippen molar-refractivity contribution in [2.45, 2.75) is 71.1 Å². The zero-order valence-electron chi connectivity index (χ0n) is 19.3. The molecule has 1 saturated carbocycles. The number of nitrogens with zero attached hydrogens (tertiary/aromatic N) is 2. The summed E-state index contributed by atoms with van der Waals surface area (Å²) in [5.74, 6) is 0.827. The van der Waals surface area contributed by atoms with Gasteiger partial charge in [-0.15, -0.1) is 0 Å². The van der Waals surface area contributed by atoms with E-state index in [-0.39, 0.29) is 23.1 Å². The van der Waals surface area contributed by atoms with Gasteiger partial charge in [0.05, 0.1) is 19.8 Å². The van der Waals surface area contributed by atoms with Crippen molar-refractivity contribution in [2.75, 3.05) is 33.3 Å². The zero-order valence-corrected chi connectivity index (χ0v) is 19.3. The molecule has 1 aliphatic carbocycles. The Morgan fingerprint density at radius 3 is 2.71 bits per heavy atom. The number of ether oxygens (including phenoxy) is 1. The molecular weight excluding hydrogens is 395 g/mol. The second-order valence-electron chi connectivity index (χ2n) is 9.27. The Morgan fingerprint density at radius 2 is 2.06 bits per heavy atom. The molecule has 1 aromatic rings. The number of piperidine rings is 1. The lowest BCUT2D eigenvalue weighted by atomic mass is 9.73. The average Bonchev–Trinajstić information content (AvgIpc) is 2.76. The summed E-state index contributed by atoms with van der Waals surface area (Å²) >= 11 is 0. The van der Waals surface area contributed by atoms with Gasteiger partial charge in [-0.2, -0.15) is 0 Å². The Bertz CT molecular complexity index is 736. The van der Waals surface area contributed by atoms with E-state index in [1.807, 2.05) is 6.07 Å². The van der Waals surface area contributed by atoms with Crippen LogP contribution in [0.2, 0.25) is 0 Å². The number of benzene rings is 1. The summed E-state index contributed by atoms with van der Waals surface area (Å²) in [6.07, 6.45) is 5.96. The second kappa shape index (κ2) is 11.1. The van der Waals surface area contributed by atoms with Crippen molar-refractivity contribution in [3.8, 4) is 5.75 Å². The zero-order chi connectivity index (χ0) is 22.3. The van der Waals surface area contributed by atoms with Crippen LogP contribution in [0.1, 0.15) is 57.9 Å². The van der Waals surface area contributed by atoms with Crippen LogP contribution in [0, 0.1) is 11.2 Å². The number of halogens is 1. The first-order chi connectivity index (χ1) is 14.9. The van der Waals surface area contributed by atoms with Gasteiger partial charge in [0, 0.05) is 37.6 Å². The smallest absolute Gasteiger partial charge is 0.191 e. The molecule has 1 saturated heterocycles. The van der Waals surface area contributed by atoms with Crippen molar-refractivity contribution in [1.29, 1.82) is 0 Å². The monoisotopic (exact) mass is 434 g/mol. The highest BCUT2D eigenvalue weighted by Crippen LogP contribution is 2.36. The van der Waals surface area contributed by atoms with Crippen molar-refractivity contribution >= 4 is 5.96 Å². The van der Waals surface area contributed by atoms with Gasteiger partial charge in [-0.1, -0.05) is 25.8 Å². The number of hydrogen-bond acceptors (Lipinski definition) is 4. The minimum atomic E-state index is -0.306. The Labute approximate surface area is 186 Å². The normalized spacial score (nSPS) is 26.0. The van der Waals surface area contributed by atoms with Crippen LogP contribution in [0.4, 0.5) is 4.39 Å². The Kier molecular flexibility index (Phi) is 8.55. The fraction of sp³-hybridized carbons (Fsp3) is 0.708. The number of aliphatic hydroxyl groups excluding tert-OH is 1. The maximum atomic E-state index is 14.0. The van der Waals surface area contributed by atoms with Gasteiger partial charge >= 0.3 is 0 Å². The third-order valence-corrected chi connectivity index (χ3v) is 6.77. The lowest BCUT2D eigenvalue weighted by molar-refractivity contribution is 0.00715. The molecule has 0 spiro atoms. The van der Waals surface area contributed by atoms with Crippen LogP contribution in [0.5, 0.6) is 5.75 Å². The molecule has 1 heterocycles. The van der Waals surface area contributed by atoms with Crippen molar-refractivity contribution in [2.24, 2.45) is 10.4 Å². The van der Waals surface area contributed by atoms with Gasteiger partial charge in [0.25, 0.3) is 0 Å². The van der Waals surface area contributed by atoms with E-state index in [0.717, 1.165) is 69.8 Å². The Balaban J connectivity index is 1.50. The maximum Gasteiger partial charge on any atom is 0.191 e. The van der Waals surface area contributed by atoms with Gasteiger partial charge in [-0.3, -0.25) is 9.89 Å². The van der Waals surface area contributed by atoms with Crippen molar-refractivity contribution in [3.05, 3.63) is 29.6 Å². The molecule has 2 atom stereocenters. The van der Waals surface area contributed by atoms with E-state index in [1.165, 1.54) is 13.5 Å². The first-order valence-electron chi connectivity index (χ1n) is 11.7. The van der Waals surface area contributed by atoms with Crippen molar-refractivity contribution in [1.82, 2.24) is 15.5 Å². The number of aliphatic hydroxyl groups is 1. The first-order valence-corrected chi connectivity index (χ1v) is 11.7. The van der Waals surface area contributed by atoms with E-state index < -0.39 is 0 Å². The molecule has 3 N–H and O–H groups in total. The summed E-state index contributed by atoms with van der Waals surface area (Å²) in [4.78, 5) is 7.20. The molecule has 0 amide bonds. The van der Waals surface area contributed by atoms with Crippen LogP contribution in [-0.2, 0) is 6.54 Å². The lowest BCUT2D eigenvalue weighted by Gasteiger charge is -2.37. The van der Waals surface area contributed by atoms with E-state index in [4.69, 9.17) is 9.73 Å². The molecule has 0 radical (unpaired) electrons. The topological polar surface area (TPSA) is 69.1 Å². The number of likely N-dealkylation sites (tertiary alicyclic amines) is 1. The van der Waals surface area contributed by atoms with E-state index >= 15 is 0 Å². The third-order valence-electron chi connectivity index (χ3n) is 6.77.